The van der Waals surface area contributed by atoms with Crippen molar-refractivity contribution in [1.82, 2.24) is 0 Å². The first kappa shape index (κ1) is 17.0. The van der Waals surface area contributed by atoms with Crippen LogP contribution in [0.3, 0.4) is 0 Å². The predicted octanol–water partition coefficient (Wildman–Crippen LogP) is 4.77. The average Bonchev–Trinajstić information content (AvgIpc) is 2.78. The third-order valence-corrected chi connectivity index (χ3v) is 7.77. The number of carboxylic acid groups (broad SMARTS) is 1. The van der Waals surface area contributed by atoms with E-state index in [-0.39, 0.29) is 16.7 Å². The molecule has 4 nitrogen and oxygen atoms in total. The lowest BCUT2D eigenvalue weighted by Gasteiger charge is -2.34. The molecule has 132 valence electrons. The van der Waals surface area contributed by atoms with Crippen molar-refractivity contribution in [2.45, 2.75) is 40.0 Å². The first-order chi connectivity index (χ1) is 11.8. The Morgan fingerprint density at radius 3 is 2.52 bits per heavy atom. The zero-order chi connectivity index (χ0) is 18.0. The third kappa shape index (κ3) is 2.28. The second-order valence-corrected chi connectivity index (χ2v) is 9.33. The Labute approximate surface area is 156 Å². The number of carboxylic acids is 1. The standard InChI is InChI=1S/C20H23BrN2O2/c1-19(2)14-8-9-20(19,3)17-16(14)13(18(24)25)10-15(22-23-17)11-4-6-12(21)7-5-11/h4-7,13-14,16H,8-10H2,1-3H3,(H,24,25)/t13-,14?,16?,20?/m0/s1. The van der Waals surface area contributed by atoms with Gasteiger partial charge in [-0.3, -0.25) is 4.79 Å². The number of rotatable bonds is 2. The highest BCUT2D eigenvalue weighted by Gasteiger charge is 2.67. The minimum atomic E-state index is -0.726. The summed E-state index contributed by atoms with van der Waals surface area (Å²) in [5, 5.41) is 19.2. The summed E-state index contributed by atoms with van der Waals surface area (Å²) in [5.41, 5.74) is 2.79. The lowest BCUT2D eigenvalue weighted by atomic mass is 9.70. The van der Waals surface area contributed by atoms with Gasteiger partial charge < -0.3 is 5.11 Å². The highest BCUT2D eigenvalue weighted by Crippen LogP contribution is 2.68. The van der Waals surface area contributed by atoms with E-state index in [0.29, 0.717) is 12.3 Å². The summed E-state index contributed by atoms with van der Waals surface area (Å²) in [6.07, 6.45) is 2.61. The molecule has 4 atom stereocenters. The number of benzene rings is 1. The SMILES string of the molecule is CC12CCC(C3C1=NN=C(c1ccc(Br)cc1)C[C@@H]3C(=O)O)C2(C)C. The van der Waals surface area contributed by atoms with Crippen molar-refractivity contribution in [3.8, 4) is 0 Å². The summed E-state index contributed by atoms with van der Waals surface area (Å²) in [6, 6.07) is 7.87. The van der Waals surface area contributed by atoms with E-state index in [1.807, 2.05) is 24.3 Å². The molecule has 25 heavy (non-hydrogen) atoms. The number of carbonyl (C=O) groups is 1. The Kier molecular flexibility index (Phi) is 3.73. The van der Waals surface area contributed by atoms with Crippen LogP contribution in [0.2, 0.25) is 0 Å². The fourth-order valence-electron chi connectivity index (χ4n) is 5.38. The first-order valence-corrected chi connectivity index (χ1v) is 9.68. The van der Waals surface area contributed by atoms with Gasteiger partial charge in [-0.2, -0.15) is 10.2 Å². The maximum Gasteiger partial charge on any atom is 0.307 e. The topological polar surface area (TPSA) is 62.0 Å². The van der Waals surface area contributed by atoms with Crippen LogP contribution in [0, 0.1) is 28.6 Å². The second kappa shape index (κ2) is 5.50. The van der Waals surface area contributed by atoms with Gasteiger partial charge >= 0.3 is 5.97 Å². The molecule has 2 bridgehead atoms. The molecule has 3 aliphatic rings. The highest BCUT2D eigenvalue weighted by molar-refractivity contribution is 9.10. The Morgan fingerprint density at radius 1 is 1.20 bits per heavy atom. The molecule has 2 fully saturated rings. The van der Waals surface area contributed by atoms with Gasteiger partial charge in [0.1, 0.15) is 0 Å². The maximum absolute atomic E-state index is 12.2. The molecular formula is C20H23BrN2O2. The van der Waals surface area contributed by atoms with Crippen LogP contribution in [0.15, 0.2) is 38.9 Å². The fourth-order valence-corrected chi connectivity index (χ4v) is 5.64. The molecule has 2 aliphatic carbocycles. The van der Waals surface area contributed by atoms with E-state index in [9.17, 15) is 9.90 Å². The van der Waals surface area contributed by atoms with Crippen molar-refractivity contribution in [2.24, 2.45) is 38.8 Å². The summed E-state index contributed by atoms with van der Waals surface area (Å²) in [6.45, 7) is 6.81. The van der Waals surface area contributed by atoms with E-state index < -0.39 is 11.9 Å². The lowest BCUT2D eigenvalue weighted by molar-refractivity contribution is -0.143. The zero-order valence-corrected chi connectivity index (χ0v) is 16.4. The van der Waals surface area contributed by atoms with Gasteiger partial charge in [-0.05, 0) is 41.9 Å². The summed E-state index contributed by atoms with van der Waals surface area (Å²) >= 11 is 3.44. The van der Waals surface area contributed by atoms with Crippen LogP contribution in [0.4, 0.5) is 0 Å². The molecule has 0 radical (unpaired) electrons. The summed E-state index contributed by atoms with van der Waals surface area (Å²) < 4.78 is 0.996. The van der Waals surface area contributed by atoms with Crippen molar-refractivity contribution in [2.75, 3.05) is 0 Å². The third-order valence-electron chi connectivity index (χ3n) is 7.24. The number of fused-ring (bicyclic) bond motifs is 5. The van der Waals surface area contributed by atoms with E-state index in [2.05, 4.69) is 46.9 Å². The Morgan fingerprint density at radius 2 is 1.88 bits per heavy atom. The predicted molar refractivity (Wildman–Crippen MR) is 102 cm³/mol. The molecule has 0 saturated heterocycles. The highest BCUT2D eigenvalue weighted by atomic mass is 79.9. The number of aliphatic carboxylic acids is 1. The fraction of sp³-hybridized carbons (Fsp3) is 0.550. The molecule has 5 heteroatoms. The van der Waals surface area contributed by atoms with Crippen LogP contribution in [0.1, 0.15) is 45.6 Å². The molecule has 0 aromatic heterocycles. The van der Waals surface area contributed by atoms with Gasteiger partial charge in [0.05, 0.1) is 17.3 Å². The van der Waals surface area contributed by atoms with E-state index in [4.69, 9.17) is 0 Å². The minimum Gasteiger partial charge on any atom is -0.481 e. The van der Waals surface area contributed by atoms with Gasteiger partial charge in [-0.1, -0.05) is 48.8 Å². The quantitative estimate of drug-likeness (QED) is 0.773. The van der Waals surface area contributed by atoms with Gasteiger partial charge in [0.25, 0.3) is 0 Å². The second-order valence-electron chi connectivity index (χ2n) is 8.41. The molecule has 1 N–H and O–H groups in total. The smallest absolute Gasteiger partial charge is 0.307 e. The van der Waals surface area contributed by atoms with Crippen LogP contribution < -0.4 is 0 Å². The summed E-state index contributed by atoms with van der Waals surface area (Å²) in [4.78, 5) is 12.2. The Bertz CT molecular complexity index is 796. The number of nitrogens with zero attached hydrogens (tertiary/aromatic N) is 2. The zero-order valence-electron chi connectivity index (χ0n) is 14.8. The van der Waals surface area contributed by atoms with Crippen molar-refractivity contribution in [1.29, 1.82) is 0 Å². The molecule has 0 amide bonds. The van der Waals surface area contributed by atoms with E-state index >= 15 is 0 Å². The molecule has 2 saturated carbocycles. The molecule has 4 rings (SSSR count). The monoisotopic (exact) mass is 402 g/mol. The van der Waals surface area contributed by atoms with Crippen LogP contribution in [0.5, 0.6) is 0 Å². The van der Waals surface area contributed by atoms with Gasteiger partial charge in [-0.25, -0.2) is 0 Å². The molecule has 1 heterocycles. The largest absolute Gasteiger partial charge is 0.481 e. The number of hydrogen-bond acceptors (Lipinski definition) is 3. The van der Waals surface area contributed by atoms with Crippen molar-refractivity contribution < 1.29 is 9.90 Å². The normalized spacial score (nSPS) is 35.6. The van der Waals surface area contributed by atoms with E-state index in [1.54, 1.807) is 0 Å². The number of halogens is 1. The van der Waals surface area contributed by atoms with Crippen molar-refractivity contribution >= 4 is 33.3 Å². The van der Waals surface area contributed by atoms with Crippen LogP contribution >= 0.6 is 15.9 Å². The average molecular weight is 403 g/mol. The minimum absolute atomic E-state index is 0.00273. The molecule has 1 aromatic rings. The molecule has 0 spiro atoms. The van der Waals surface area contributed by atoms with Gasteiger partial charge in [-0.15, -0.1) is 0 Å². The van der Waals surface area contributed by atoms with E-state index in [1.165, 1.54) is 0 Å². The Balaban J connectivity index is 1.82. The summed E-state index contributed by atoms with van der Waals surface area (Å²) in [7, 11) is 0. The number of hydrogen-bond donors (Lipinski definition) is 1. The van der Waals surface area contributed by atoms with Gasteiger partial charge in [0.2, 0.25) is 0 Å². The van der Waals surface area contributed by atoms with Gasteiger partial charge in [0, 0.05) is 22.2 Å². The maximum atomic E-state index is 12.2. The van der Waals surface area contributed by atoms with Crippen LogP contribution in [-0.2, 0) is 4.79 Å². The van der Waals surface area contributed by atoms with Crippen molar-refractivity contribution in [3.63, 3.8) is 0 Å². The van der Waals surface area contributed by atoms with Gasteiger partial charge in [0.15, 0.2) is 0 Å². The first-order valence-electron chi connectivity index (χ1n) is 8.89. The molecule has 3 unspecified atom stereocenters. The van der Waals surface area contributed by atoms with Crippen molar-refractivity contribution in [3.05, 3.63) is 34.3 Å². The molecular weight excluding hydrogens is 380 g/mol. The van der Waals surface area contributed by atoms with Crippen LogP contribution in [-0.4, -0.2) is 22.5 Å². The van der Waals surface area contributed by atoms with E-state index in [0.717, 1.165) is 34.3 Å². The lowest BCUT2D eigenvalue weighted by Crippen LogP contribution is -2.37. The Hall–Kier alpha value is -1.49. The summed E-state index contributed by atoms with van der Waals surface area (Å²) in [5.74, 6) is -0.800. The van der Waals surface area contributed by atoms with Crippen LogP contribution in [0.25, 0.3) is 0 Å². The molecule has 1 aliphatic heterocycles. The molecule has 1 aromatic carbocycles.